The molecule has 1 aliphatic heterocycles. The van der Waals surface area contributed by atoms with Gasteiger partial charge in [-0.2, -0.15) is 0 Å². The number of nitrogens with zero attached hydrogens (tertiary/aromatic N) is 2. The summed E-state index contributed by atoms with van der Waals surface area (Å²) in [7, 11) is 0. The average molecular weight is 239 g/mol. The van der Waals surface area contributed by atoms with Gasteiger partial charge in [-0.25, -0.2) is 14.4 Å². The van der Waals surface area contributed by atoms with Gasteiger partial charge in [0, 0.05) is 0 Å². The average Bonchev–Trinajstić information content (AvgIpc) is 2.89. The summed E-state index contributed by atoms with van der Waals surface area (Å²) in [4.78, 5) is 8.27. The van der Waals surface area contributed by atoms with Gasteiger partial charge in [-0.1, -0.05) is 0 Å². The van der Waals surface area contributed by atoms with Crippen molar-refractivity contribution in [3.05, 3.63) is 17.8 Å². The van der Waals surface area contributed by atoms with Crippen molar-refractivity contribution < 1.29 is 9.13 Å². The number of halogens is 1. The first kappa shape index (κ1) is 9.92. The van der Waals surface area contributed by atoms with E-state index in [4.69, 9.17) is 4.74 Å². The lowest BCUT2D eigenvalue weighted by Crippen LogP contribution is -2.29. The van der Waals surface area contributed by atoms with Gasteiger partial charge in [0.25, 0.3) is 0 Å². The van der Waals surface area contributed by atoms with Gasteiger partial charge in [-0.15, -0.1) is 11.3 Å². The van der Waals surface area contributed by atoms with Crippen molar-refractivity contribution >= 4 is 27.4 Å². The molecule has 2 aromatic rings. The predicted octanol–water partition coefficient (Wildman–Crippen LogP) is 1.84. The second-order valence-corrected chi connectivity index (χ2v) is 4.58. The van der Waals surface area contributed by atoms with Crippen LogP contribution in [0, 0.1) is 0 Å². The van der Waals surface area contributed by atoms with Gasteiger partial charge in [0.05, 0.1) is 29.5 Å². The summed E-state index contributed by atoms with van der Waals surface area (Å²) in [6.45, 7) is 0.550. The van der Waals surface area contributed by atoms with Crippen molar-refractivity contribution in [1.29, 1.82) is 0 Å². The van der Waals surface area contributed by atoms with Crippen LogP contribution in [0.4, 0.5) is 10.2 Å². The summed E-state index contributed by atoms with van der Waals surface area (Å²) in [5.41, 5.74) is 0.886. The molecule has 0 spiro atoms. The van der Waals surface area contributed by atoms with Gasteiger partial charge in [0.2, 0.25) is 0 Å². The Kier molecular flexibility index (Phi) is 2.45. The zero-order valence-electron chi connectivity index (χ0n) is 8.39. The fraction of sp³-hybridized carbons (Fsp3) is 0.400. The number of thiophene rings is 1. The number of alkyl halides is 1. The van der Waals surface area contributed by atoms with Crippen LogP contribution in [0.15, 0.2) is 17.8 Å². The fourth-order valence-electron chi connectivity index (χ4n) is 1.73. The standard InChI is InChI=1S/C10H10FN3OS/c11-6-3-15-4-8(6)14-10-9-7(1-2-16-9)12-5-13-10/h1-2,5-6,8H,3-4H2,(H,12,13,14). The van der Waals surface area contributed by atoms with E-state index in [1.807, 2.05) is 11.4 Å². The van der Waals surface area contributed by atoms with Crippen molar-refractivity contribution in [3.63, 3.8) is 0 Å². The van der Waals surface area contributed by atoms with E-state index >= 15 is 0 Å². The highest BCUT2D eigenvalue weighted by molar-refractivity contribution is 7.17. The Balaban J connectivity index is 1.91. The molecule has 0 aromatic carbocycles. The molecule has 1 N–H and O–H groups in total. The molecule has 1 aliphatic rings. The van der Waals surface area contributed by atoms with Gasteiger partial charge in [-0.05, 0) is 11.4 Å². The van der Waals surface area contributed by atoms with Crippen LogP contribution in [0.5, 0.6) is 0 Å². The summed E-state index contributed by atoms with van der Waals surface area (Å²) >= 11 is 1.55. The maximum absolute atomic E-state index is 13.4. The van der Waals surface area contributed by atoms with Crippen molar-refractivity contribution in [2.75, 3.05) is 18.5 Å². The first-order valence-electron chi connectivity index (χ1n) is 5.01. The molecule has 6 heteroatoms. The zero-order chi connectivity index (χ0) is 11.0. The van der Waals surface area contributed by atoms with E-state index in [1.165, 1.54) is 6.33 Å². The highest BCUT2D eigenvalue weighted by atomic mass is 32.1. The Morgan fingerprint density at radius 2 is 2.38 bits per heavy atom. The molecule has 0 bridgehead atoms. The molecular formula is C10H10FN3OS. The molecule has 0 radical (unpaired) electrons. The van der Waals surface area contributed by atoms with Crippen LogP contribution in [-0.2, 0) is 4.74 Å². The summed E-state index contributed by atoms with van der Waals surface area (Å²) < 4.78 is 19.4. The predicted molar refractivity (Wildman–Crippen MR) is 60.5 cm³/mol. The molecule has 0 aliphatic carbocycles. The SMILES string of the molecule is FC1COCC1Nc1ncnc2ccsc12. The molecule has 1 saturated heterocycles. The Labute approximate surface area is 95.5 Å². The second-order valence-electron chi connectivity index (χ2n) is 3.66. The molecule has 1 fully saturated rings. The highest BCUT2D eigenvalue weighted by Gasteiger charge is 2.28. The smallest absolute Gasteiger partial charge is 0.147 e. The number of aromatic nitrogens is 2. The molecule has 0 amide bonds. The van der Waals surface area contributed by atoms with Crippen molar-refractivity contribution in [2.45, 2.75) is 12.2 Å². The molecule has 16 heavy (non-hydrogen) atoms. The third-order valence-corrected chi connectivity index (χ3v) is 3.49. The molecule has 3 heterocycles. The maximum Gasteiger partial charge on any atom is 0.147 e. The lowest BCUT2D eigenvalue weighted by atomic mass is 10.2. The van der Waals surface area contributed by atoms with Crippen LogP contribution in [0.3, 0.4) is 0 Å². The first-order chi connectivity index (χ1) is 7.84. The quantitative estimate of drug-likeness (QED) is 0.868. The summed E-state index contributed by atoms with van der Waals surface area (Å²) in [5.74, 6) is 0.693. The van der Waals surface area contributed by atoms with Crippen molar-refractivity contribution in [2.24, 2.45) is 0 Å². The minimum absolute atomic E-state index is 0.163. The lowest BCUT2D eigenvalue weighted by molar-refractivity contribution is 0.173. The van der Waals surface area contributed by atoms with Crippen LogP contribution in [0.2, 0.25) is 0 Å². The van der Waals surface area contributed by atoms with E-state index in [2.05, 4.69) is 15.3 Å². The van der Waals surface area contributed by atoms with E-state index in [0.717, 1.165) is 10.2 Å². The van der Waals surface area contributed by atoms with Gasteiger partial charge >= 0.3 is 0 Å². The molecule has 84 valence electrons. The van der Waals surface area contributed by atoms with E-state index in [0.29, 0.717) is 12.4 Å². The molecule has 3 rings (SSSR count). The summed E-state index contributed by atoms with van der Waals surface area (Å²) in [6, 6.07) is 1.62. The monoisotopic (exact) mass is 239 g/mol. The third-order valence-electron chi connectivity index (χ3n) is 2.58. The Bertz CT molecular complexity index is 504. The molecular weight excluding hydrogens is 229 g/mol. The first-order valence-corrected chi connectivity index (χ1v) is 5.89. The van der Waals surface area contributed by atoms with Gasteiger partial charge < -0.3 is 10.1 Å². The second kappa shape index (κ2) is 3.95. The zero-order valence-corrected chi connectivity index (χ0v) is 9.21. The number of hydrogen-bond acceptors (Lipinski definition) is 5. The molecule has 2 unspecified atom stereocenters. The van der Waals surface area contributed by atoms with Gasteiger partial charge in [-0.3, -0.25) is 0 Å². The number of nitrogens with one attached hydrogen (secondary N) is 1. The minimum atomic E-state index is -0.968. The Hall–Kier alpha value is -1.27. The van der Waals surface area contributed by atoms with Crippen LogP contribution in [-0.4, -0.2) is 35.4 Å². The molecule has 4 nitrogen and oxygen atoms in total. The largest absolute Gasteiger partial charge is 0.376 e. The maximum atomic E-state index is 13.4. The normalized spacial score (nSPS) is 25.1. The highest BCUT2D eigenvalue weighted by Crippen LogP contribution is 2.26. The van der Waals surface area contributed by atoms with Gasteiger partial charge in [0.1, 0.15) is 18.3 Å². The Morgan fingerprint density at radius 1 is 1.44 bits per heavy atom. The van der Waals surface area contributed by atoms with Crippen LogP contribution in [0.1, 0.15) is 0 Å². The minimum Gasteiger partial charge on any atom is -0.376 e. The van der Waals surface area contributed by atoms with Gasteiger partial charge in [0.15, 0.2) is 0 Å². The lowest BCUT2D eigenvalue weighted by Gasteiger charge is -2.13. The number of hydrogen-bond donors (Lipinski definition) is 1. The number of anilines is 1. The molecule has 2 aromatic heterocycles. The van der Waals surface area contributed by atoms with Crippen molar-refractivity contribution in [1.82, 2.24) is 9.97 Å². The van der Waals surface area contributed by atoms with E-state index in [9.17, 15) is 4.39 Å². The van der Waals surface area contributed by atoms with E-state index < -0.39 is 6.17 Å². The third kappa shape index (κ3) is 1.64. The summed E-state index contributed by atoms with van der Waals surface area (Å²) in [5, 5.41) is 5.03. The fourth-order valence-corrected chi connectivity index (χ4v) is 2.53. The van der Waals surface area contributed by atoms with Crippen LogP contribution in [0.25, 0.3) is 10.2 Å². The topological polar surface area (TPSA) is 47.0 Å². The van der Waals surface area contributed by atoms with Crippen LogP contribution >= 0.6 is 11.3 Å². The number of fused-ring (bicyclic) bond motifs is 1. The molecule has 2 atom stereocenters. The number of ether oxygens (including phenoxy) is 1. The Morgan fingerprint density at radius 3 is 3.19 bits per heavy atom. The summed E-state index contributed by atoms with van der Waals surface area (Å²) in [6.07, 6.45) is 0.519. The molecule has 0 saturated carbocycles. The number of rotatable bonds is 2. The van der Waals surface area contributed by atoms with Crippen molar-refractivity contribution in [3.8, 4) is 0 Å². The van der Waals surface area contributed by atoms with E-state index in [1.54, 1.807) is 11.3 Å². The van der Waals surface area contributed by atoms with Crippen LogP contribution < -0.4 is 5.32 Å². The van der Waals surface area contributed by atoms with E-state index in [-0.39, 0.29) is 12.6 Å².